The van der Waals surface area contributed by atoms with Crippen LogP contribution in [0.3, 0.4) is 0 Å². The summed E-state index contributed by atoms with van der Waals surface area (Å²) in [6.07, 6.45) is 1.38. The third-order valence-electron chi connectivity index (χ3n) is 1.55. The van der Waals surface area contributed by atoms with Gasteiger partial charge in [-0.3, -0.25) is 0 Å². The van der Waals surface area contributed by atoms with E-state index in [9.17, 15) is 10.1 Å². The van der Waals surface area contributed by atoms with Crippen molar-refractivity contribution < 1.29 is 4.92 Å². The summed E-state index contributed by atoms with van der Waals surface area (Å²) >= 11 is 5.58. The minimum absolute atomic E-state index is 0.0137. The SMILES string of the molecule is C=C(CN)Cn1cc(Cl)c([N+](=O)[O-])n1. The van der Waals surface area contributed by atoms with E-state index in [0.29, 0.717) is 13.1 Å². The van der Waals surface area contributed by atoms with E-state index >= 15 is 0 Å². The van der Waals surface area contributed by atoms with E-state index in [1.807, 2.05) is 0 Å². The van der Waals surface area contributed by atoms with Gasteiger partial charge in [0.15, 0.2) is 5.02 Å². The third-order valence-corrected chi connectivity index (χ3v) is 1.81. The summed E-state index contributed by atoms with van der Waals surface area (Å²) in [7, 11) is 0. The number of aromatic nitrogens is 2. The van der Waals surface area contributed by atoms with Gasteiger partial charge >= 0.3 is 5.82 Å². The molecule has 1 aromatic rings. The lowest BCUT2D eigenvalue weighted by molar-refractivity contribution is -0.389. The molecule has 76 valence electrons. The molecule has 1 aromatic heterocycles. The van der Waals surface area contributed by atoms with Gasteiger partial charge in [-0.1, -0.05) is 18.2 Å². The molecule has 0 bridgehead atoms. The zero-order valence-electron chi connectivity index (χ0n) is 7.31. The summed E-state index contributed by atoms with van der Waals surface area (Å²) in [6, 6.07) is 0. The van der Waals surface area contributed by atoms with Gasteiger partial charge in [-0.2, -0.15) is 4.68 Å². The van der Waals surface area contributed by atoms with Gasteiger partial charge < -0.3 is 15.8 Å². The molecule has 0 atom stereocenters. The highest BCUT2D eigenvalue weighted by atomic mass is 35.5. The summed E-state index contributed by atoms with van der Waals surface area (Å²) < 4.78 is 1.34. The van der Waals surface area contributed by atoms with Crippen molar-refractivity contribution in [3.8, 4) is 0 Å². The molecular weight excluding hydrogens is 208 g/mol. The minimum atomic E-state index is -0.635. The van der Waals surface area contributed by atoms with Crippen LogP contribution in [0.5, 0.6) is 0 Å². The quantitative estimate of drug-likeness (QED) is 0.461. The second kappa shape index (κ2) is 4.21. The molecule has 0 aliphatic rings. The Balaban J connectivity index is 2.86. The van der Waals surface area contributed by atoms with Crippen LogP contribution in [0.4, 0.5) is 5.82 Å². The number of halogens is 1. The molecule has 0 aromatic carbocycles. The summed E-state index contributed by atoms with van der Waals surface area (Å²) in [5.74, 6) is -0.350. The second-order valence-corrected chi connectivity index (χ2v) is 3.12. The maximum atomic E-state index is 10.4. The molecule has 0 aliphatic carbocycles. The van der Waals surface area contributed by atoms with Crippen molar-refractivity contribution in [1.29, 1.82) is 0 Å². The minimum Gasteiger partial charge on any atom is -0.358 e. The lowest BCUT2D eigenvalue weighted by Crippen LogP contribution is -2.09. The van der Waals surface area contributed by atoms with Gasteiger partial charge in [0.2, 0.25) is 0 Å². The van der Waals surface area contributed by atoms with Crippen molar-refractivity contribution in [1.82, 2.24) is 9.78 Å². The highest BCUT2D eigenvalue weighted by Crippen LogP contribution is 2.21. The van der Waals surface area contributed by atoms with Crippen molar-refractivity contribution in [3.63, 3.8) is 0 Å². The Morgan fingerprint density at radius 1 is 1.86 bits per heavy atom. The zero-order chi connectivity index (χ0) is 10.7. The van der Waals surface area contributed by atoms with E-state index in [0.717, 1.165) is 5.57 Å². The molecule has 7 heteroatoms. The summed E-state index contributed by atoms with van der Waals surface area (Å²) in [5.41, 5.74) is 6.04. The molecule has 1 rings (SSSR count). The molecule has 14 heavy (non-hydrogen) atoms. The highest BCUT2D eigenvalue weighted by Gasteiger charge is 2.18. The van der Waals surface area contributed by atoms with E-state index in [4.69, 9.17) is 17.3 Å². The van der Waals surface area contributed by atoms with Crippen LogP contribution < -0.4 is 5.73 Å². The van der Waals surface area contributed by atoms with E-state index in [-0.39, 0.29) is 10.8 Å². The molecule has 0 fully saturated rings. The van der Waals surface area contributed by atoms with Crippen molar-refractivity contribution in [2.45, 2.75) is 6.54 Å². The fourth-order valence-corrected chi connectivity index (χ4v) is 1.10. The van der Waals surface area contributed by atoms with Crippen LogP contribution in [0, 0.1) is 10.1 Å². The van der Waals surface area contributed by atoms with Gasteiger partial charge in [-0.05, 0) is 10.5 Å². The zero-order valence-corrected chi connectivity index (χ0v) is 8.07. The first-order valence-corrected chi connectivity index (χ1v) is 4.16. The molecule has 0 saturated carbocycles. The molecule has 0 spiro atoms. The average molecular weight is 217 g/mol. The highest BCUT2D eigenvalue weighted by molar-refractivity contribution is 6.32. The van der Waals surface area contributed by atoms with Crippen LogP contribution in [0.15, 0.2) is 18.3 Å². The lowest BCUT2D eigenvalue weighted by atomic mass is 10.3. The van der Waals surface area contributed by atoms with Gasteiger partial charge in [-0.15, -0.1) is 0 Å². The molecule has 0 radical (unpaired) electrons. The Kier molecular flexibility index (Phi) is 3.21. The normalized spacial score (nSPS) is 10.1. The molecule has 0 aliphatic heterocycles. The van der Waals surface area contributed by atoms with Crippen LogP contribution >= 0.6 is 11.6 Å². The average Bonchev–Trinajstić information content (AvgIpc) is 2.46. The van der Waals surface area contributed by atoms with Crippen LogP contribution in [-0.2, 0) is 6.54 Å². The molecule has 6 nitrogen and oxygen atoms in total. The number of hydrogen-bond donors (Lipinski definition) is 1. The largest absolute Gasteiger partial charge is 0.408 e. The summed E-state index contributed by atoms with van der Waals surface area (Å²) in [5, 5.41) is 14.1. The predicted molar refractivity (Wildman–Crippen MR) is 52.1 cm³/mol. The van der Waals surface area contributed by atoms with Gasteiger partial charge in [-0.25, -0.2) is 0 Å². The first-order valence-electron chi connectivity index (χ1n) is 3.78. The Labute approximate surface area is 85.1 Å². The number of nitrogens with zero attached hydrogens (tertiary/aromatic N) is 3. The third kappa shape index (κ3) is 2.30. The van der Waals surface area contributed by atoms with E-state index in [1.165, 1.54) is 10.9 Å². The molecule has 0 saturated heterocycles. The van der Waals surface area contributed by atoms with Crippen LogP contribution in [0.25, 0.3) is 0 Å². The predicted octanol–water partition coefficient (Wildman–Crippen LogP) is 0.960. The van der Waals surface area contributed by atoms with Crippen molar-refractivity contribution in [2.75, 3.05) is 6.54 Å². The first-order chi connectivity index (χ1) is 6.54. The maximum absolute atomic E-state index is 10.4. The Morgan fingerprint density at radius 3 is 2.93 bits per heavy atom. The van der Waals surface area contributed by atoms with E-state index in [1.54, 1.807) is 0 Å². The van der Waals surface area contributed by atoms with Crippen molar-refractivity contribution in [2.24, 2.45) is 5.73 Å². The molecule has 0 unspecified atom stereocenters. The Bertz CT molecular complexity index is 374. The van der Waals surface area contributed by atoms with Crippen molar-refractivity contribution >= 4 is 17.4 Å². The van der Waals surface area contributed by atoms with Crippen molar-refractivity contribution in [3.05, 3.63) is 33.5 Å². The summed E-state index contributed by atoms with van der Waals surface area (Å²) in [4.78, 5) is 9.75. The fourth-order valence-electron chi connectivity index (χ4n) is 0.885. The molecular formula is C7H9ClN4O2. The van der Waals surface area contributed by atoms with E-state index < -0.39 is 4.92 Å². The van der Waals surface area contributed by atoms with Gasteiger partial charge in [0, 0.05) is 6.54 Å². The maximum Gasteiger partial charge on any atom is 0.408 e. The second-order valence-electron chi connectivity index (χ2n) is 2.71. The standard InChI is InChI=1S/C7H9ClN4O2/c1-5(2-9)3-11-4-6(8)7(10-11)12(13)14/h4H,1-3,9H2. The van der Waals surface area contributed by atoms with Gasteiger partial charge in [0.1, 0.15) is 0 Å². The number of hydrogen-bond acceptors (Lipinski definition) is 4. The lowest BCUT2D eigenvalue weighted by Gasteiger charge is -1.97. The van der Waals surface area contributed by atoms with Crippen LogP contribution in [-0.4, -0.2) is 21.2 Å². The first kappa shape index (κ1) is 10.7. The molecule has 0 amide bonds. The number of rotatable bonds is 4. The molecule has 1 heterocycles. The topological polar surface area (TPSA) is 87.0 Å². The monoisotopic (exact) mass is 216 g/mol. The molecule has 2 N–H and O–H groups in total. The number of nitrogens with two attached hydrogens (primary N) is 1. The number of nitro groups is 1. The van der Waals surface area contributed by atoms with Gasteiger partial charge in [0.05, 0.1) is 17.8 Å². The summed E-state index contributed by atoms with van der Waals surface area (Å²) in [6.45, 7) is 4.30. The smallest absolute Gasteiger partial charge is 0.358 e. The van der Waals surface area contributed by atoms with Crippen LogP contribution in [0.2, 0.25) is 5.02 Å². The van der Waals surface area contributed by atoms with Gasteiger partial charge in [0.25, 0.3) is 0 Å². The fraction of sp³-hybridized carbons (Fsp3) is 0.286. The van der Waals surface area contributed by atoms with Crippen LogP contribution in [0.1, 0.15) is 0 Å². The Hall–Kier alpha value is -1.40. The van der Waals surface area contributed by atoms with E-state index in [2.05, 4.69) is 11.7 Å². The Morgan fingerprint density at radius 2 is 2.50 bits per heavy atom.